The molecule has 0 fully saturated rings. The van der Waals surface area contributed by atoms with Gasteiger partial charge in [0.1, 0.15) is 5.69 Å². The van der Waals surface area contributed by atoms with Gasteiger partial charge in [-0.25, -0.2) is 4.98 Å². The Morgan fingerprint density at radius 2 is 2.00 bits per heavy atom. The molecule has 4 nitrogen and oxygen atoms in total. The molecule has 0 atom stereocenters. The molecule has 19 heavy (non-hydrogen) atoms. The fourth-order valence-corrected chi connectivity index (χ4v) is 2.01. The number of thiazole rings is 1. The summed E-state index contributed by atoms with van der Waals surface area (Å²) in [6.07, 6.45) is 3.79. The number of hydrogen-bond acceptors (Lipinski definition) is 4. The van der Waals surface area contributed by atoms with Gasteiger partial charge in [0.25, 0.3) is 5.91 Å². The molecule has 0 spiro atoms. The molecule has 0 bridgehead atoms. The molecule has 2 rings (SSSR count). The average molecular weight is 277 g/mol. The summed E-state index contributed by atoms with van der Waals surface area (Å²) in [5, 5.41) is 0. The van der Waals surface area contributed by atoms with Gasteiger partial charge in [-0.05, 0) is 24.1 Å². The second kappa shape index (κ2) is 7.63. The quantitative estimate of drug-likeness (QED) is 0.936. The Labute approximate surface area is 117 Å². The smallest absolute Gasteiger partial charge is 0.267 e. The van der Waals surface area contributed by atoms with Crippen LogP contribution in [0.4, 0.5) is 0 Å². The zero-order valence-electron chi connectivity index (χ0n) is 11.5. The van der Waals surface area contributed by atoms with Crippen LogP contribution in [0.15, 0.2) is 23.8 Å². The molecule has 0 unspecified atom stereocenters. The van der Waals surface area contributed by atoms with Crippen molar-refractivity contribution in [3.05, 3.63) is 35.2 Å². The van der Waals surface area contributed by atoms with E-state index in [9.17, 15) is 4.79 Å². The maximum absolute atomic E-state index is 11.1. The summed E-state index contributed by atoms with van der Waals surface area (Å²) in [7, 11) is 0. The maximum Gasteiger partial charge on any atom is 0.267 e. The van der Waals surface area contributed by atoms with Crippen LogP contribution in [0, 0.1) is 0 Å². The van der Waals surface area contributed by atoms with E-state index in [0.29, 0.717) is 5.69 Å². The monoisotopic (exact) mass is 277 g/mol. The summed E-state index contributed by atoms with van der Waals surface area (Å²) in [5.74, 6) is -0.499. The van der Waals surface area contributed by atoms with Crippen LogP contribution < -0.4 is 5.73 Å². The number of aryl methyl sites for hydroxylation is 1. The Hall–Kier alpha value is -1.75. The fourth-order valence-electron chi connectivity index (χ4n) is 1.40. The highest BCUT2D eigenvalue weighted by atomic mass is 32.1. The maximum atomic E-state index is 11.1. The lowest BCUT2D eigenvalue weighted by molar-refractivity contribution is 0.0995. The van der Waals surface area contributed by atoms with Crippen molar-refractivity contribution in [3.63, 3.8) is 0 Å². The lowest BCUT2D eigenvalue weighted by Gasteiger charge is -2.03. The number of primary amides is 1. The number of hydrogen-bond donors (Lipinski definition) is 1. The largest absolute Gasteiger partial charge is 0.364 e. The first kappa shape index (κ1) is 15.3. The Morgan fingerprint density at radius 1 is 1.32 bits per heavy atom. The summed E-state index contributed by atoms with van der Waals surface area (Å²) in [6, 6.07) is 3.66. The number of nitrogens with two attached hydrogens (primary N) is 1. The lowest BCUT2D eigenvalue weighted by Crippen LogP contribution is -2.14. The predicted octanol–water partition coefficient (Wildman–Crippen LogP) is 3.28. The van der Waals surface area contributed by atoms with Gasteiger partial charge in [0, 0.05) is 11.9 Å². The third-order valence-corrected chi connectivity index (χ3v) is 3.03. The molecule has 0 radical (unpaired) electrons. The van der Waals surface area contributed by atoms with E-state index < -0.39 is 5.91 Å². The van der Waals surface area contributed by atoms with Gasteiger partial charge in [0.15, 0.2) is 0 Å². The number of amides is 1. The Bertz CT molecular complexity index is 523. The van der Waals surface area contributed by atoms with Crippen molar-refractivity contribution in [2.75, 3.05) is 0 Å². The van der Waals surface area contributed by atoms with Crippen LogP contribution in [0.5, 0.6) is 0 Å². The minimum Gasteiger partial charge on any atom is -0.364 e. The van der Waals surface area contributed by atoms with Gasteiger partial charge < -0.3 is 5.73 Å². The van der Waals surface area contributed by atoms with E-state index >= 15 is 0 Å². The SMILES string of the molecule is CCC.CCc1cc(-c2cncs2)cc(C(N)=O)n1. The molecular weight excluding hydrogens is 258 g/mol. The summed E-state index contributed by atoms with van der Waals surface area (Å²) < 4.78 is 0. The first-order valence-corrected chi connectivity index (χ1v) is 7.19. The number of aromatic nitrogens is 2. The first-order valence-electron chi connectivity index (χ1n) is 6.31. The number of pyridine rings is 1. The van der Waals surface area contributed by atoms with Crippen LogP contribution in [-0.4, -0.2) is 15.9 Å². The van der Waals surface area contributed by atoms with Crippen LogP contribution in [0.2, 0.25) is 0 Å². The molecule has 0 saturated carbocycles. The number of carbonyl (C=O) groups excluding carboxylic acids is 1. The normalized spacial score (nSPS) is 9.63. The molecule has 0 aliphatic carbocycles. The van der Waals surface area contributed by atoms with Gasteiger partial charge in [-0.1, -0.05) is 27.2 Å². The molecule has 2 aromatic heterocycles. The zero-order chi connectivity index (χ0) is 14.3. The topological polar surface area (TPSA) is 68.9 Å². The van der Waals surface area contributed by atoms with Crippen molar-refractivity contribution < 1.29 is 4.79 Å². The minimum absolute atomic E-state index is 0.308. The van der Waals surface area contributed by atoms with Crippen molar-refractivity contribution in [1.29, 1.82) is 0 Å². The van der Waals surface area contributed by atoms with Crippen LogP contribution in [-0.2, 0) is 6.42 Å². The van der Waals surface area contributed by atoms with Gasteiger partial charge in [-0.3, -0.25) is 9.78 Å². The molecule has 0 aliphatic heterocycles. The second-order valence-electron chi connectivity index (χ2n) is 4.02. The minimum atomic E-state index is -0.499. The molecule has 0 aliphatic rings. The van der Waals surface area contributed by atoms with E-state index in [2.05, 4.69) is 23.8 Å². The number of rotatable bonds is 3. The summed E-state index contributed by atoms with van der Waals surface area (Å²) in [4.78, 5) is 20.3. The molecule has 2 heterocycles. The number of carbonyl (C=O) groups is 1. The van der Waals surface area contributed by atoms with E-state index in [1.807, 2.05) is 13.0 Å². The van der Waals surface area contributed by atoms with Gasteiger partial charge in [0.2, 0.25) is 0 Å². The molecule has 2 N–H and O–H groups in total. The Balaban J connectivity index is 0.000000550. The molecular formula is C14H19N3OS. The van der Waals surface area contributed by atoms with E-state index in [0.717, 1.165) is 22.6 Å². The van der Waals surface area contributed by atoms with E-state index in [4.69, 9.17) is 5.73 Å². The van der Waals surface area contributed by atoms with Crippen molar-refractivity contribution in [3.8, 4) is 10.4 Å². The molecule has 0 saturated heterocycles. The summed E-state index contributed by atoms with van der Waals surface area (Å²) >= 11 is 1.52. The summed E-state index contributed by atoms with van der Waals surface area (Å²) in [5.41, 5.74) is 9.12. The van der Waals surface area contributed by atoms with Gasteiger partial charge >= 0.3 is 0 Å². The van der Waals surface area contributed by atoms with Crippen LogP contribution in [0.3, 0.4) is 0 Å². The van der Waals surface area contributed by atoms with E-state index in [-0.39, 0.29) is 0 Å². The Morgan fingerprint density at radius 3 is 2.47 bits per heavy atom. The van der Waals surface area contributed by atoms with Crippen LogP contribution in [0.1, 0.15) is 43.4 Å². The van der Waals surface area contributed by atoms with Crippen molar-refractivity contribution in [2.45, 2.75) is 33.6 Å². The van der Waals surface area contributed by atoms with Crippen molar-refractivity contribution in [2.24, 2.45) is 5.73 Å². The predicted molar refractivity (Wildman–Crippen MR) is 79.2 cm³/mol. The van der Waals surface area contributed by atoms with Crippen molar-refractivity contribution >= 4 is 17.2 Å². The zero-order valence-corrected chi connectivity index (χ0v) is 12.3. The second-order valence-corrected chi connectivity index (χ2v) is 4.91. The highest BCUT2D eigenvalue weighted by molar-refractivity contribution is 7.13. The van der Waals surface area contributed by atoms with Gasteiger partial charge in [0.05, 0.1) is 10.4 Å². The highest BCUT2D eigenvalue weighted by Crippen LogP contribution is 2.24. The standard InChI is InChI=1S/C11H11N3OS.C3H8/c1-2-8-3-7(10-5-13-6-16-10)4-9(14-8)11(12)15;1-3-2/h3-6H,2H2,1H3,(H2,12,15);3H2,1-2H3. The van der Waals surface area contributed by atoms with Crippen molar-refractivity contribution in [1.82, 2.24) is 9.97 Å². The average Bonchev–Trinajstić information content (AvgIpc) is 2.93. The van der Waals surface area contributed by atoms with E-state index in [1.54, 1.807) is 17.8 Å². The van der Waals surface area contributed by atoms with Gasteiger partial charge in [-0.15, -0.1) is 11.3 Å². The molecule has 2 aromatic rings. The third-order valence-electron chi connectivity index (χ3n) is 2.21. The first-order chi connectivity index (χ1) is 9.12. The third kappa shape index (κ3) is 4.44. The molecule has 5 heteroatoms. The molecule has 102 valence electrons. The van der Waals surface area contributed by atoms with Gasteiger partial charge in [-0.2, -0.15) is 0 Å². The van der Waals surface area contributed by atoms with Crippen LogP contribution >= 0.6 is 11.3 Å². The van der Waals surface area contributed by atoms with Crippen LogP contribution in [0.25, 0.3) is 10.4 Å². The highest BCUT2D eigenvalue weighted by Gasteiger charge is 2.08. The van der Waals surface area contributed by atoms with E-state index in [1.165, 1.54) is 17.8 Å². The number of nitrogens with zero attached hydrogens (tertiary/aromatic N) is 2. The fraction of sp³-hybridized carbons (Fsp3) is 0.357. The molecule has 0 aromatic carbocycles. The molecule has 1 amide bonds. The Kier molecular flexibility index (Phi) is 6.15. The summed E-state index contributed by atoms with van der Waals surface area (Å²) in [6.45, 7) is 6.24. The lowest BCUT2D eigenvalue weighted by atomic mass is 10.1.